The van der Waals surface area contributed by atoms with Crippen LogP contribution in [0.4, 0.5) is 0 Å². The Kier molecular flexibility index (Phi) is 3.82. The Morgan fingerprint density at radius 3 is 3.00 bits per heavy atom. The first kappa shape index (κ1) is 14.1. The van der Waals surface area contributed by atoms with Crippen LogP contribution in [-0.2, 0) is 9.47 Å². The van der Waals surface area contributed by atoms with E-state index >= 15 is 0 Å². The molecule has 2 fully saturated rings. The van der Waals surface area contributed by atoms with E-state index in [-0.39, 0.29) is 24.2 Å². The van der Waals surface area contributed by atoms with Gasteiger partial charge in [0, 0.05) is 11.6 Å². The van der Waals surface area contributed by atoms with Crippen molar-refractivity contribution in [1.29, 1.82) is 0 Å². The van der Waals surface area contributed by atoms with Gasteiger partial charge in [-0.05, 0) is 37.5 Å². The molecule has 0 spiro atoms. The summed E-state index contributed by atoms with van der Waals surface area (Å²) >= 11 is 1.55. The number of carbonyl (C=O) groups excluding carboxylic acids is 1. The normalized spacial score (nSPS) is 28.3. The Labute approximate surface area is 132 Å². The maximum atomic E-state index is 12.4. The van der Waals surface area contributed by atoms with E-state index in [1.54, 1.807) is 16.8 Å². The van der Waals surface area contributed by atoms with Gasteiger partial charge in [0.2, 0.25) is 0 Å². The molecular formula is C16H18N2O3S. The van der Waals surface area contributed by atoms with Crippen LogP contribution < -0.4 is 5.32 Å². The van der Waals surface area contributed by atoms with Gasteiger partial charge in [0.25, 0.3) is 5.91 Å². The van der Waals surface area contributed by atoms with E-state index in [2.05, 4.69) is 10.3 Å². The third kappa shape index (κ3) is 2.74. The Hall–Kier alpha value is -1.50. The van der Waals surface area contributed by atoms with E-state index in [0.717, 1.165) is 29.5 Å². The van der Waals surface area contributed by atoms with Gasteiger partial charge in [0.15, 0.2) is 0 Å². The number of nitrogens with one attached hydrogen (secondary N) is 1. The van der Waals surface area contributed by atoms with Crippen LogP contribution in [0.25, 0.3) is 10.2 Å². The highest BCUT2D eigenvalue weighted by Gasteiger charge is 2.34. The summed E-state index contributed by atoms with van der Waals surface area (Å²) in [5.74, 6) is -0.0181. The van der Waals surface area contributed by atoms with Gasteiger partial charge < -0.3 is 14.8 Å². The number of thiazole rings is 1. The van der Waals surface area contributed by atoms with Crippen molar-refractivity contribution in [1.82, 2.24) is 10.3 Å². The van der Waals surface area contributed by atoms with Gasteiger partial charge in [0.05, 0.1) is 41.1 Å². The first-order chi connectivity index (χ1) is 10.8. The molecule has 1 N–H and O–H groups in total. The lowest BCUT2D eigenvalue weighted by atomic mass is 9.89. The van der Waals surface area contributed by atoms with Crippen molar-refractivity contribution in [2.24, 2.45) is 0 Å². The second-order valence-corrected chi connectivity index (χ2v) is 6.72. The molecule has 1 aliphatic heterocycles. The molecule has 0 bridgehead atoms. The number of hydrogen-bond donors (Lipinski definition) is 1. The Balaban J connectivity index is 1.43. The molecule has 1 saturated carbocycles. The van der Waals surface area contributed by atoms with Crippen molar-refractivity contribution in [3.05, 3.63) is 29.3 Å². The minimum Gasteiger partial charge on any atom is -0.373 e. The first-order valence-corrected chi connectivity index (χ1v) is 8.55. The van der Waals surface area contributed by atoms with E-state index in [4.69, 9.17) is 9.47 Å². The Morgan fingerprint density at radius 2 is 2.09 bits per heavy atom. The smallest absolute Gasteiger partial charge is 0.251 e. The molecule has 2 aliphatic rings. The van der Waals surface area contributed by atoms with Crippen molar-refractivity contribution in [3.8, 4) is 0 Å². The van der Waals surface area contributed by atoms with Crippen LogP contribution in [0, 0.1) is 0 Å². The van der Waals surface area contributed by atoms with E-state index in [1.165, 1.54) is 0 Å². The molecule has 4 rings (SSSR count). The lowest BCUT2D eigenvalue weighted by molar-refractivity contribution is -0.157. The van der Waals surface area contributed by atoms with E-state index in [1.807, 2.05) is 18.2 Å². The van der Waals surface area contributed by atoms with Gasteiger partial charge in [-0.2, -0.15) is 0 Å². The van der Waals surface area contributed by atoms with E-state index in [9.17, 15) is 4.79 Å². The maximum Gasteiger partial charge on any atom is 0.251 e. The predicted molar refractivity (Wildman–Crippen MR) is 84.2 cm³/mol. The highest BCUT2D eigenvalue weighted by Crippen LogP contribution is 2.27. The summed E-state index contributed by atoms with van der Waals surface area (Å²) in [4.78, 5) is 16.7. The van der Waals surface area contributed by atoms with Gasteiger partial charge in [-0.25, -0.2) is 4.98 Å². The summed E-state index contributed by atoms with van der Waals surface area (Å²) in [6, 6.07) is 5.81. The molecule has 116 valence electrons. The molecule has 2 aromatic rings. The first-order valence-electron chi connectivity index (χ1n) is 7.67. The summed E-state index contributed by atoms with van der Waals surface area (Å²) in [5, 5.41) is 3.13. The molecule has 1 aromatic carbocycles. The fourth-order valence-electron chi connectivity index (χ4n) is 3.26. The number of aromatic nitrogens is 1. The zero-order chi connectivity index (χ0) is 14.9. The van der Waals surface area contributed by atoms with Crippen LogP contribution in [0.5, 0.6) is 0 Å². The molecule has 1 aliphatic carbocycles. The van der Waals surface area contributed by atoms with Crippen LogP contribution in [0.15, 0.2) is 23.7 Å². The molecule has 1 saturated heterocycles. The average molecular weight is 318 g/mol. The molecule has 3 atom stereocenters. The molecule has 22 heavy (non-hydrogen) atoms. The fourth-order valence-corrected chi connectivity index (χ4v) is 3.98. The molecular weight excluding hydrogens is 300 g/mol. The van der Waals surface area contributed by atoms with E-state index in [0.29, 0.717) is 18.8 Å². The number of hydrogen-bond acceptors (Lipinski definition) is 5. The zero-order valence-corrected chi connectivity index (χ0v) is 13.0. The molecule has 6 heteroatoms. The number of amides is 1. The third-order valence-corrected chi connectivity index (χ3v) is 5.20. The summed E-state index contributed by atoms with van der Waals surface area (Å²) in [6.07, 6.45) is 3.05. The second-order valence-electron chi connectivity index (χ2n) is 5.84. The maximum absolute atomic E-state index is 12.4. The van der Waals surface area contributed by atoms with Crippen LogP contribution in [0.1, 0.15) is 29.6 Å². The van der Waals surface area contributed by atoms with Gasteiger partial charge in [-0.15, -0.1) is 11.3 Å². The van der Waals surface area contributed by atoms with E-state index < -0.39 is 0 Å². The summed E-state index contributed by atoms with van der Waals surface area (Å²) in [7, 11) is 0. The average Bonchev–Trinajstić information content (AvgIpc) is 3.02. The standard InChI is InChI=1S/C16H18N2O3S/c19-16(10-1-3-12-15(7-10)22-9-17-12)18-11-2-4-13-14(8-11)21-6-5-20-13/h1,3,7,9,11,13-14H,2,4-6,8H2,(H,18,19). The highest BCUT2D eigenvalue weighted by atomic mass is 32.1. The van der Waals surface area contributed by atoms with Gasteiger partial charge in [-0.3, -0.25) is 4.79 Å². The topological polar surface area (TPSA) is 60.5 Å². The summed E-state index contributed by atoms with van der Waals surface area (Å²) < 4.78 is 12.5. The summed E-state index contributed by atoms with van der Waals surface area (Å²) in [6.45, 7) is 1.34. The van der Waals surface area contributed by atoms with Crippen molar-refractivity contribution in [2.45, 2.75) is 37.5 Å². The quantitative estimate of drug-likeness (QED) is 0.923. The van der Waals surface area contributed by atoms with Crippen molar-refractivity contribution >= 4 is 27.5 Å². The molecule has 3 unspecified atom stereocenters. The molecule has 2 heterocycles. The lowest BCUT2D eigenvalue weighted by Gasteiger charge is -2.39. The van der Waals surface area contributed by atoms with Crippen molar-refractivity contribution < 1.29 is 14.3 Å². The molecule has 1 amide bonds. The lowest BCUT2D eigenvalue weighted by Crippen LogP contribution is -2.49. The fraction of sp³-hybridized carbons (Fsp3) is 0.500. The number of fused-ring (bicyclic) bond motifs is 2. The van der Waals surface area contributed by atoms with Crippen LogP contribution in [0.3, 0.4) is 0 Å². The van der Waals surface area contributed by atoms with Gasteiger partial charge in [0.1, 0.15) is 0 Å². The number of nitrogens with zero attached hydrogens (tertiary/aromatic N) is 1. The number of carbonyl (C=O) groups is 1. The monoisotopic (exact) mass is 318 g/mol. The van der Waals surface area contributed by atoms with Gasteiger partial charge >= 0.3 is 0 Å². The largest absolute Gasteiger partial charge is 0.373 e. The minimum atomic E-state index is -0.0181. The predicted octanol–water partition coefficient (Wildman–Crippen LogP) is 2.36. The van der Waals surface area contributed by atoms with Crippen LogP contribution >= 0.6 is 11.3 Å². The Bertz CT molecular complexity index is 687. The number of rotatable bonds is 2. The Morgan fingerprint density at radius 1 is 1.23 bits per heavy atom. The highest BCUT2D eigenvalue weighted by molar-refractivity contribution is 7.16. The summed E-state index contributed by atoms with van der Waals surface area (Å²) in [5.41, 5.74) is 3.43. The minimum absolute atomic E-state index is 0.0181. The SMILES string of the molecule is O=C(NC1CCC2OCCOC2C1)c1ccc2ncsc2c1. The second kappa shape index (κ2) is 5.95. The molecule has 5 nitrogen and oxygen atoms in total. The molecule has 0 radical (unpaired) electrons. The van der Waals surface area contributed by atoms with Crippen LogP contribution in [-0.4, -0.2) is 42.4 Å². The number of benzene rings is 1. The van der Waals surface area contributed by atoms with Crippen molar-refractivity contribution in [2.75, 3.05) is 13.2 Å². The van der Waals surface area contributed by atoms with Crippen molar-refractivity contribution in [3.63, 3.8) is 0 Å². The number of ether oxygens (including phenoxy) is 2. The van der Waals surface area contributed by atoms with Crippen LogP contribution in [0.2, 0.25) is 0 Å². The molecule has 1 aromatic heterocycles. The van der Waals surface area contributed by atoms with Gasteiger partial charge in [-0.1, -0.05) is 0 Å². The third-order valence-electron chi connectivity index (χ3n) is 4.41. The zero-order valence-electron chi connectivity index (χ0n) is 12.2.